The Morgan fingerprint density at radius 1 is 0.442 bits per heavy atom. The number of benzene rings is 3. The van der Waals surface area contributed by atoms with Gasteiger partial charge in [0.25, 0.3) is 17.7 Å². The van der Waals surface area contributed by atoms with Crippen LogP contribution in [-0.4, -0.2) is 263 Å². The number of likely N-dealkylation sites (tertiary alicyclic amines) is 4. The van der Waals surface area contributed by atoms with Crippen molar-refractivity contribution in [2.24, 2.45) is 11.8 Å². The summed E-state index contributed by atoms with van der Waals surface area (Å²) in [5, 5.41) is 66.5. The number of anilines is 4. The molecule has 12 N–H and O–H groups in total. The van der Waals surface area contributed by atoms with E-state index in [9.17, 15) is 63.2 Å². The highest BCUT2D eigenvalue weighted by Crippen LogP contribution is 2.37. The highest BCUT2D eigenvalue weighted by Gasteiger charge is 2.41. The number of alkyl halides is 3. The second kappa shape index (κ2) is 57.7. The van der Waals surface area contributed by atoms with E-state index in [1.807, 2.05) is 78.8 Å². The van der Waals surface area contributed by atoms with Gasteiger partial charge in [-0.25, -0.2) is 61.4 Å². The average molecular weight is 2060 g/mol. The van der Waals surface area contributed by atoms with Crippen molar-refractivity contribution in [3.05, 3.63) is 211 Å². The van der Waals surface area contributed by atoms with Gasteiger partial charge in [-0.3, -0.25) is 19.2 Å². The highest BCUT2D eigenvalue weighted by molar-refractivity contribution is 6.34. The topological polar surface area (TPSA) is 396 Å². The van der Waals surface area contributed by atoms with Gasteiger partial charge in [-0.05, 0) is 334 Å². The summed E-state index contributed by atoms with van der Waals surface area (Å²) in [6.07, 6.45) is 21.7. The maximum absolute atomic E-state index is 15.9. The summed E-state index contributed by atoms with van der Waals surface area (Å²) in [5.41, 5.74) is 7.96. The zero-order chi connectivity index (χ0) is 102. The van der Waals surface area contributed by atoms with Crippen LogP contribution < -0.4 is 42.5 Å². The summed E-state index contributed by atoms with van der Waals surface area (Å²) in [7, 11) is 0. The Balaban J connectivity index is 0.000000217. The molecule has 3 aromatic carbocycles. The number of amides is 4. The first-order chi connectivity index (χ1) is 68.8. The van der Waals surface area contributed by atoms with Crippen molar-refractivity contribution >= 4 is 82.4 Å². The molecule has 0 radical (unpaired) electrons. The van der Waals surface area contributed by atoms with Crippen LogP contribution >= 0.6 is 11.6 Å². The number of carbonyl (C=O) groups is 8. The fourth-order valence-corrected chi connectivity index (χ4v) is 20.8. The zero-order valence-electron chi connectivity index (χ0n) is 83.0. The van der Waals surface area contributed by atoms with E-state index in [0.717, 1.165) is 186 Å². The first-order valence-electron chi connectivity index (χ1n) is 51.5. The van der Waals surface area contributed by atoms with Crippen molar-refractivity contribution in [3.8, 4) is 5.69 Å². The molecule has 8 aromatic rings. The van der Waals surface area contributed by atoms with Crippen LogP contribution in [0.5, 0.6) is 0 Å². The Hall–Kier alpha value is -11.7. The maximum Gasteiger partial charge on any atom is 0.326 e. The van der Waals surface area contributed by atoms with Gasteiger partial charge in [0, 0.05) is 124 Å². The van der Waals surface area contributed by atoms with Gasteiger partial charge < -0.3 is 82.6 Å². The van der Waals surface area contributed by atoms with Crippen LogP contribution in [0.1, 0.15) is 272 Å². The molecule has 147 heavy (non-hydrogen) atoms. The van der Waals surface area contributed by atoms with Crippen molar-refractivity contribution in [2.45, 2.75) is 291 Å². The molecule has 8 aliphatic heterocycles. The summed E-state index contributed by atoms with van der Waals surface area (Å²) < 4.78 is 62.7. The number of aliphatic carboxylic acids is 4. The number of aryl methyl sites for hydroxylation is 10. The van der Waals surface area contributed by atoms with E-state index in [2.05, 4.69) is 92.8 Å². The Morgan fingerprint density at radius 3 is 1.22 bits per heavy atom. The van der Waals surface area contributed by atoms with Crippen LogP contribution in [0, 0.1) is 31.5 Å². The number of hydrogen-bond acceptors (Lipinski definition) is 21. The third-order valence-corrected chi connectivity index (χ3v) is 29.2. The summed E-state index contributed by atoms with van der Waals surface area (Å²) in [4.78, 5) is 124. The van der Waals surface area contributed by atoms with Crippen LogP contribution in [0.2, 0.25) is 5.02 Å². The van der Waals surface area contributed by atoms with Crippen molar-refractivity contribution < 1.29 is 76.3 Å². The van der Waals surface area contributed by atoms with E-state index in [4.69, 9.17) is 21.6 Å². The largest absolute Gasteiger partial charge is 0.480 e. The Kier molecular flexibility index (Phi) is 46.7. The van der Waals surface area contributed by atoms with E-state index >= 15 is 13.2 Å². The summed E-state index contributed by atoms with van der Waals surface area (Å²) >= 11 is 5.85. The maximum atomic E-state index is 15.9. The van der Waals surface area contributed by atoms with Gasteiger partial charge in [-0.15, -0.1) is 0 Å². The lowest BCUT2D eigenvalue weighted by Crippen LogP contribution is -2.49. The van der Waals surface area contributed by atoms with Crippen LogP contribution in [0.15, 0.2) is 127 Å². The molecule has 0 aliphatic carbocycles. The molecule has 0 saturated carbocycles. The molecule has 1 unspecified atom stereocenters. The van der Waals surface area contributed by atoms with E-state index in [0.29, 0.717) is 153 Å². The number of nitrogens with zero attached hydrogens (tertiary/aromatic N) is 10. The minimum atomic E-state index is -1.39. The third kappa shape index (κ3) is 35.5. The van der Waals surface area contributed by atoms with E-state index in [1.165, 1.54) is 47.2 Å². The fraction of sp³-hybridized carbons (Fsp3) is 0.562. The van der Waals surface area contributed by atoms with Crippen LogP contribution in [0.3, 0.4) is 0 Å². The van der Waals surface area contributed by atoms with Gasteiger partial charge in [0.2, 0.25) is 5.91 Å². The lowest BCUT2D eigenvalue weighted by molar-refractivity contribution is -0.143. The van der Waals surface area contributed by atoms with Crippen LogP contribution in [-0.2, 0) is 75.3 Å². The molecule has 0 spiro atoms. The number of carboxylic acids is 4. The highest BCUT2D eigenvalue weighted by atomic mass is 35.5. The van der Waals surface area contributed by atoms with Crippen molar-refractivity contribution in [1.29, 1.82) is 0 Å². The Bertz CT molecular complexity index is 5630. The van der Waals surface area contributed by atoms with Crippen molar-refractivity contribution in [1.82, 2.24) is 70.6 Å². The SMILES string of the molecule is C.C.C.C.CCC(CC)C(=O)N[C@@H](CCN1CCC[C@@](F)(CCc2ccc3c(n2)NCCC3)C1)C(=O)O.Cc1cc(C)n(-c2cccc(C(=O)N[C@@H](CCN3CCC[C@@](F)(CCc4ccc5c(n4)NCCC5)C3)C(=O)O)c2)n1.O=C(N[C@@H](CCN1CCCC(CCc2ccc3c(n2)NCCC3)C1)C(=O)O)c1ccccc1.O=C(N[C@@H](CCN1CCC[C@@](F)(CCc2ccc3c(n2)NCCC3)C1)C(=O)O)c1cccc(F)c1Cl. The number of carbonyl (C=O) groups excluding carboxylic acids is 4. The number of pyridine rings is 4. The molecule has 5 aromatic heterocycles. The van der Waals surface area contributed by atoms with Gasteiger partial charge in [0.1, 0.15) is 70.3 Å². The predicted octanol–water partition coefficient (Wildman–Crippen LogP) is 18.0. The molecule has 8 atom stereocenters. The number of fused-ring (bicyclic) bond motifs is 4. The molecule has 35 heteroatoms. The van der Waals surface area contributed by atoms with Crippen LogP contribution in [0.4, 0.5) is 40.8 Å². The quantitative estimate of drug-likeness (QED) is 0.0159. The lowest BCUT2D eigenvalue weighted by atomic mass is 9.89. The first kappa shape index (κ1) is 119. The number of aromatic nitrogens is 6. The van der Waals surface area contributed by atoms with E-state index in [-0.39, 0.29) is 90.4 Å². The normalized spacial score (nSPS) is 19.8. The van der Waals surface area contributed by atoms with Crippen molar-refractivity contribution in [2.75, 3.05) is 126 Å². The van der Waals surface area contributed by atoms with Crippen LogP contribution in [0.25, 0.3) is 5.69 Å². The molecule has 4 amide bonds. The molecule has 16 rings (SSSR count). The number of halogens is 5. The lowest BCUT2D eigenvalue weighted by Gasteiger charge is -2.38. The minimum Gasteiger partial charge on any atom is -0.480 e. The Morgan fingerprint density at radius 2 is 0.816 bits per heavy atom. The minimum absolute atomic E-state index is 0. The molecule has 4 fully saturated rings. The van der Waals surface area contributed by atoms with Crippen molar-refractivity contribution in [3.63, 3.8) is 0 Å². The number of hydrogen-bond donors (Lipinski definition) is 12. The predicted molar refractivity (Wildman–Crippen MR) is 572 cm³/mol. The molecular formula is C112H159ClF4N18O12. The summed E-state index contributed by atoms with van der Waals surface area (Å²) in [6, 6.07) is 33.9. The second-order valence-corrected chi connectivity index (χ2v) is 40.2. The number of rotatable bonds is 39. The molecule has 8 aliphatic rings. The number of piperidine rings is 4. The average Bonchev–Trinajstić information content (AvgIpc) is 1.76. The van der Waals surface area contributed by atoms with E-state index in [1.54, 1.807) is 47.1 Å². The number of carboxylic acid groups (broad SMARTS) is 4. The monoisotopic (exact) mass is 2060 g/mol. The molecule has 4 saturated heterocycles. The van der Waals surface area contributed by atoms with Gasteiger partial charge in [0.15, 0.2) is 0 Å². The third-order valence-electron chi connectivity index (χ3n) is 28.8. The molecular weight excluding hydrogens is 1900 g/mol. The zero-order valence-corrected chi connectivity index (χ0v) is 83.8. The first-order valence-corrected chi connectivity index (χ1v) is 51.9. The van der Waals surface area contributed by atoms with Gasteiger partial charge in [0.05, 0.1) is 22.0 Å². The van der Waals surface area contributed by atoms with E-state index < -0.39 is 82.7 Å². The Labute approximate surface area is 870 Å². The van der Waals surface area contributed by atoms with Gasteiger partial charge >= 0.3 is 23.9 Å². The summed E-state index contributed by atoms with van der Waals surface area (Å²) in [6.45, 7) is 18.1. The van der Waals surface area contributed by atoms with Gasteiger partial charge in [-0.2, -0.15) is 5.10 Å². The molecule has 804 valence electrons. The molecule has 30 nitrogen and oxygen atoms in total. The molecule has 0 bridgehead atoms. The standard InChI is InChI=1S/C31H39FN6O3.C26H31ClF2N4O3.C26H34N4O3.C25H39FN4O3.4CH4/c1-21-18-22(2)38(36-21)26-8-3-6-24(19-26)29(39)35-27(30(40)41)12-17-37-16-5-13-31(32,20-37)14-11-25-10-9-23-7-4-15-33-28(23)34-25;27-22-19(5-1-6-20(22)28)24(34)32-21(25(35)36)10-15-33-14-3-11-26(29,16-33)12-9-18-8-7-17-4-2-13-30-23(17)31-18;31-25(21-7-2-1-3-8-21)29-23(26(32)33)14-17-30-16-5-6-19(18-30)10-12-22-13-11-20-9-4-15-27-24(20)28-22;1-3-18(4-2)23(31)29-21(24(32)33)11-16-30-15-6-12-25(26,17-30)13-10-20-9-8-19-7-5-14-27-22(19)28-20;;;;/h3,6,8-10,18-19,27H,4-5,7,11-17,20H2,1-2H3,(H,33,34)(H,35,39)(H,40,41);1,5-8,21H,2-4,9-16H2,(H,30,31)(H,32,34)(H,35,36);1-3,7-8,11,13,19,23H,4-6,9-10,12,14-18H2,(H,27,28)(H,29,31)(H,32,33);8-9,18,21H,3-7,10-17H2,1-2H3,(H,27,28)(H,29,31)(H,32,33);4*1H4/t27-,31+;21-,26+;19?,23-;21-,25+;;;;/m0000..../s1. The smallest absolute Gasteiger partial charge is 0.326 e. The number of nitrogens with one attached hydrogen (secondary N) is 8. The van der Waals surface area contributed by atoms with Gasteiger partial charge in [-0.1, -0.05) is 110 Å². The second-order valence-electron chi connectivity index (χ2n) is 39.8. The summed E-state index contributed by atoms with van der Waals surface area (Å²) in [5.74, 6) is -2.66. The molecule has 13 heterocycles. The fourth-order valence-electron chi connectivity index (χ4n) is 20.6.